The summed E-state index contributed by atoms with van der Waals surface area (Å²) in [6.45, 7) is 5.69. The highest BCUT2D eigenvalue weighted by atomic mass is 16.2. The molecule has 0 fully saturated rings. The van der Waals surface area contributed by atoms with E-state index in [1.807, 2.05) is 19.1 Å². The lowest BCUT2D eigenvalue weighted by atomic mass is 9.91. The number of benzene rings is 1. The van der Waals surface area contributed by atoms with E-state index in [1.54, 1.807) is 50.4 Å². The molecule has 1 N–H and O–H groups in total. The number of carbonyl (C=O) groups excluding carboxylic acids is 1. The first kappa shape index (κ1) is 16.5. The van der Waals surface area contributed by atoms with Crippen molar-refractivity contribution in [3.05, 3.63) is 64.1 Å². The van der Waals surface area contributed by atoms with Gasteiger partial charge in [0.2, 0.25) is 5.91 Å². The minimum absolute atomic E-state index is 0.127. The fraction of sp³-hybridized carbons (Fsp3) is 0.278. The monoisotopic (exact) mass is 309 g/mol. The zero-order chi connectivity index (χ0) is 17.0. The molecule has 1 heterocycles. The number of rotatable bonds is 4. The highest BCUT2D eigenvalue weighted by Gasteiger charge is 2.28. The Kier molecular flexibility index (Phi) is 4.65. The number of nitrogens with one attached hydrogen (secondary N) is 1. The van der Waals surface area contributed by atoms with Gasteiger partial charge in [-0.15, -0.1) is 0 Å². The summed E-state index contributed by atoms with van der Waals surface area (Å²) in [5, 5.41) is 11.7. The summed E-state index contributed by atoms with van der Waals surface area (Å²) in [6, 6.07) is 12.2. The van der Waals surface area contributed by atoms with E-state index >= 15 is 0 Å². The van der Waals surface area contributed by atoms with Gasteiger partial charge in [0, 0.05) is 24.5 Å². The minimum Gasteiger partial charge on any atom is -0.326 e. The molecule has 2 aromatic rings. The Morgan fingerprint density at radius 2 is 2.04 bits per heavy atom. The minimum atomic E-state index is -0.776. The van der Waals surface area contributed by atoms with Gasteiger partial charge in [-0.2, -0.15) is 5.26 Å². The third-order valence-corrected chi connectivity index (χ3v) is 3.58. The molecule has 1 aromatic carbocycles. The Hall–Kier alpha value is -2.87. The maximum Gasteiger partial charge on any atom is 0.250 e. The Bertz CT molecular complexity index is 829. The summed E-state index contributed by atoms with van der Waals surface area (Å²) in [5.41, 5.74) is 1.04. The van der Waals surface area contributed by atoms with Crippen LogP contribution in [0.1, 0.15) is 25.0 Å². The van der Waals surface area contributed by atoms with E-state index in [0.29, 0.717) is 11.3 Å². The number of anilines is 1. The number of hydrogen-bond donors (Lipinski definition) is 1. The molecule has 5 heteroatoms. The smallest absolute Gasteiger partial charge is 0.250 e. The molecule has 118 valence electrons. The Balaban J connectivity index is 2.16. The number of aryl methyl sites for hydroxylation is 1. The second-order valence-electron chi connectivity index (χ2n) is 6.20. The van der Waals surface area contributed by atoms with E-state index in [2.05, 4.69) is 5.32 Å². The van der Waals surface area contributed by atoms with Crippen molar-refractivity contribution in [2.75, 3.05) is 5.32 Å². The maximum atomic E-state index is 12.5. The topological polar surface area (TPSA) is 74.9 Å². The molecule has 0 bridgehead atoms. The lowest BCUT2D eigenvalue weighted by Gasteiger charge is -2.24. The van der Waals surface area contributed by atoms with E-state index in [-0.39, 0.29) is 18.0 Å². The summed E-state index contributed by atoms with van der Waals surface area (Å²) in [7, 11) is 0. The molecule has 0 aliphatic carbocycles. The van der Waals surface area contributed by atoms with Crippen LogP contribution >= 0.6 is 0 Å². The molecular weight excluding hydrogens is 290 g/mol. The van der Waals surface area contributed by atoms with Crippen LogP contribution in [0, 0.1) is 23.7 Å². The molecule has 0 spiro atoms. The van der Waals surface area contributed by atoms with Gasteiger partial charge in [0.05, 0.1) is 17.0 Å². The third-order valence-electron chi connectivity index (χ3n) is 3.58. The Morgan fingerprint density at radius 3 is 2.70 bits per heavy atom. The lowest BCUT2D eigenvalue weighted by molar-refractivity contribution is -0.124. The molecule has 2 rings (SSSR count). The van der Waals surface area contributed by atoms with E-state index in [9.17, 15) is 9.59 Å². The second-order valence-corrected chi connectivity index (χ2v) is 6.20. The van der Waals surface area contributed by atoms with E-state index in [0.717, 1.165) is 5.56 Å². The van der Waals surface area contributed by atoms with E-state index < -0.39 is 5.41 Å². The summed E-state index contributed by atoms with van der Waals surface area (Å²) in [4.78, 5) is 24.5. The molecule has 1 aromatic heterocycles. The van der Waals surface area contributed by atoms with E-state index in [4.69, 9.17) is 5.26 Å². The van der Waals surface area contributed by atoms with Gasteiger partial charge in [-0.3, -0.25) is 9.59 Å². The predicted molar refractivity (Wildman–Crippen MR) is 89.0 cm³/mol. The van der Waals surface area contributed by atoms with Crippen molar-refractivity contribution < 1.29 is 4.79 Å². The summed E-state index contributed by atoms with van der Waals surface area (Å²) in [6.07, 6.45) is 1.70. The first-order valence-electron chi connectivity index (χ1n) is 7.30. The van der Waals surface area contributed by atoms with Crippen LogP contribution in [0.3, 0.4) is 0 Å². The van der Waals surface area contributed by atoms with Crippen molar-refractivity contribution in [2.45, 2.75) is 27.3 Å². The highest BCUT2D eigenvalue weighted by molar-refractivity contribution is 5.94. The molecule has 23 heavy (non-hydrogen) atoms. The molecular formula is C18H19N3O2. The van der Waals surface area contributed by atoms with Crippen molar-refractivity contribution in [3.63, 3.8) is 0 Å². The average molecular weight is 309 g/mol. The molecule has 0 aliphatic heterocycles. The van der Waals surface area contributed by atoms with Gasteiger partial charge in [-0.1, -0.05) is 6.07 Å². The quantitative estimate of drug-likeness (QED) is 0.943. The van der Waals surface area contributed by atoms with Crippen LogP contribution in [0.4, 0.5) is 5.69 Å². The van der Waals surface area contributed by atoms with Crippen LogP contribution in [0.2, 0.25) is 0 Å². The van der Waals surface area contributed by atoms with Crippen molar-refractivity contribution in [3.8, 4) is 6.07 Å². The molecule has 0 aliphatic rings. The van der Waals surface area contributed by atoms with Gasteiger partial charge >= 0.3 is 0 Å². The lowest BCUT2D eigenvalue weighted by Crippen LogP contribution is -2.37. The zero-order valence-electron chi connectivity index (χ0n) is 13.5. The number of amides is 1. The van der Waals surface area contributed by atoms with Gasteiger partial charge in [-0.05, 0) is 50.6 Å². The van der Waals surface area contributed by atoms with Gasteiger partial charge in [0.25, 0.3) is 5.56 Å². The fourth-order valence-electron chi connectivity index (χ4n) is 2.20. The van der Waals surface area contributed by atoms with Gasteiger partial charge < -0.3 is 9.88 Å². The van der Waals surface area contributed by atoms with Crippen LogP contribution in [0.5, 0.6) is 0 Å². The molecule has 1 amide bonds. The van der Waals surface area contributed by atoms with Gasteiger partial charge in [-0.25, -0.2) is 0 Å². The number of nitrogens with zero attached hydrogens (tertiary/aromatic N) is 2. The molecule has 5 nitrogen and oxygen atoms in total. The Labute approximate surface area is 135 Å². The largest absolute Gasteiger partial charge is 0.326 e. The molecule has 0 saturated heterocycles. The average Bonchev–Trinajstić information content (AvgIpc) is 2.50. The Morgan fingerprint density at radius 1 is 1.30 bits per heavy atom. The first-order valence-corrected chi connectivity index (χ1v) is 7.30. The number of nitriles is 1. The molecule has 0 radical (unpaired) electrons. The van der Waals surface area contributed by atoms with Crippen LogP contribution in [-0.4, -0.2) is 10.5 Å². The van der Waals surface area contributed by atoms with Crippen molar-refractivity contribution >= 4 is 11.6 Å². The first-order chi connectivity index (χ1) is 10.8. The van der Waals surface area contributed by atoms with Crippen LogP contribution < -0.4 is 10.9 Å². The molecule has 0 atom stereocenters. The number of hydrogen-bond acceptors (Lipinski definition) is 3. The normalized spacial score (nSPS) is 10.9. The summed E-state index contributed by atoms with van der Waals surface area (Å²) in [5.74, 6) is -0.208. The van der Waals surface area contributed by atoms with E-state index in [1.165, 1.54) is 4.57 Å². The zero-order valence-corrected chi connectivity index (χ0v) is 13.5. The third kappa shape index (κ3) is 4.07. The number of aromatic nitrogens is 1. The maximum absolute atomic E-state index is 12.5. The summed E-state index contributed by atoms with van der Waals surface area (Å²) < 4.78 is 1.53. The van der Waals surface area contributed by atoms with Gasteiger partial charge in [0.1, 0.15) is 0 Å². The predicted octanol–water partition coefficient (Wildman–Crippen LogP) is 2.69. The SMILES string of the molecule is Cc1ccn(CC(C)(C)C(=O)Nc2cccc(C#N)c2)c(=O)c1. The van der Waals surface area contributed by atoms with Crippen LogP contribution in [0.15, 0.2) is 47.4 Å². The number of carbonyl (C=O) groups is 1. The highest BCUT2D eigenvalue weighted by Crippen LogP contribution is 2.21. The standard InChI is InChI=1S/C18H19N3O2/c1-13-7-8-21(16(22)9-13)12-18(2,3)17(23)20-15-6-4-5-14(10-15)11-19/h4-10H,12H2,1-3H3,(H,20,23). The van der Waals surface area contributed by atoms with Gasteiger partial charge in [0.15, 0.2) is 0 Å². The van der Waals surface area contributed by atoms with Crippen molar-refractivity contribution in [2.24, 2.45) is 5.41 Å². The number of pyridine rings is 1. The molecule has 0 saturated carbocycles. The van der Waals surface area contributed by atoms with Crippen molar-refractivity contribution in [1.29, 1.82) is 5.26 Å². The van der Waals surface area contributed by atoms with Crippen molar-refractivity contribution in [1.82, 2.24) is 4.57 Å². The van der Waals surface area contributed by atoms with Crippen LogP contribution in [-0.2, 0) is 11.3 Å². The summed E-state index contributed by atoms with van der Waals surface area (Å²) >= 11 is 0. The van der Waals surface area contributed by atoms with Crippen LogP contribution in [0.25, 0.3) is 0 Å². The fourth-order valence-corrected chi connectivity index (χ4v) is 2.20. The molecule has 0 unspecified atom stereocenters. The second kappa shape index (κ2) is 6.49.